The number of aromatic amines is 1. The average Bonchev–Trinajstić information content (AvgIpc) is 3.72. The molecule has 6 nitrogen and oxygen atoms in total. The Morgan fingerprint density at radius 2 is 1.02 bits per heavy atom. The number of nitrogens with one attached hydrogen (secondary N) is 1. The van der Waals surface area contributed by atoms with Crippen molar-refractivity contribution in [2.24, 2.45) is 5.16 Å². The van der Waals surface area contributed by atoms with Gasteiger partial charge in [0.15, 0.2) is 0 Å². The lowest BCUT2D eigenvalue weighted by molar-refractivity contribution is 0.322. The molecule has 0 aliphatic carbocycles. The minimum absolute atomic E-state index is 0.242. The Morgan fingerprint density at radius 1 is 0.558 bits per heavy atom. The summed E-state index contributed by atoms with van der Waals surface area (Å²) in [5, 5.41) is 38.9. The van der Waals surface area contributed by atoms with Crippen molar-refractivity contribution in [2.45, 2.75) is 39.5 Å². The minimum atomic E-state index is 0.242. The molecule has 0 amide bonds. The maximum Gasteiger partial charge on any atom is 0.115 e. The summed E-state index contributed by atoms with van der Waals surface area (Å²) < 4.78 is 0. The van der Waals surface area contributed by atoms with E-state index in [2.05, 4.69) is 77.7 Å². The number of benzene rings is 6. The minimum Gasteiger partial charge on any atom is -0.508 e. The van der Waals surface area contributed by atoms with Crippen molar-refractivity contribution in [1.82, 2.24) is 10.2 Å². The Kier molecular flexibility index (Phi) is 11.6. The number of hydrogen-bond acceptors (Lipinski definition) is 5. The van der Waals surface area contributed by atoms with Crippen molar-refractivity contribution >= 4 is 6.21 Å². The third-order valence-corrected chi connectivity index (χ3v) is 8.99. The lowest BCUT2D eigenvalue weighted by Gasteiger charge is -2.18. The number of aryl methyl sites for hydroxylation is 2. The Bertz CT molecular complexity index is 2210. The van der Waals surface area contributed by atoms with Crippen molar-refractivity contribution in [2.75, 3.05) is 0 Å². The highest BCUT2D eigenvalue weighted by Crippen LogP contribution is 2.42. The van der Waals surface area contributed by atoms with Crippen molar-refractivity contribution in [3.63, 3.8) is 0 Å². The summed E-state index contributed by atoms with van der Waals surface area (Å²) in [5.74, 6) is 0.520. The van der Waals surface area contributed by atoms with Gasteiger partial charge < -0.3 is 15.4 Å². The topological polar surface area (TPSA) is 102 Å². The molecule has 0 spiro atoms. The van der Waals surface area contributed by atoms with Crippen LogP contribution in [-0.2, 0) is 12.8 Å². The third kappa shape index (κ3) is 8.31. The Labute approximate surface area is 305 Å². The maximum absolute atomic E-state index is 9.72. The highest BCUT2D eigenvalue weighted by molar-refractivity contribution is 5.98. The van der Waals surface area contributed by atoms with Gasteiger partial charge in [0.05, 0.1) is 12.4 Å². The number of nitrogens with zero attached hydrogens (tertiary/aromatic N) is 2. The molecule has 7 aromatic rings. The first-order valence-corrected chi connectivity index (χ1v) is 17.7. The maximum atomic E-state index is 9.72. The monoisotopic (exact) mass is 685 g/mol. The van der Waals surface area contributed by atoms with E-state index >= 15 is 0 Å². The van der Waals surface area contributed by atoms with Crippen LogP contribution >= 0.6 is 0 Å². The van der Waals surface area contributed by atoms with E-state index in [1.54, 1.807) is 24.3 Å². The Hall–Kier alpha value is -6.40. The first-order valence-electron chi connectivity index (χ1n) is 17.7. The van der Waals surface area contributed by atoms with E-state index in [4.69, 9.17) is 5.21 Å². The molecule has 0 aliphatic rings. The zero-order valence-electron chi connectivity index (χ0n) is 29.5. The second-order valence-electron chi connectivity index (χ2n) is 12.7. The molecule has 260 valence electrons. The number of H-pyrrole nitrogens is 1. The van der Waals surface area contributed by atoms with Gasteiger partial charge in [-0.25, -0.2) is 0 Å². The normalized spacial score (nSPS) is 11.0. The lowest BCUT2D eigenvalue weighted by atomic mass is 9.86. The van der Waals surface area contributed by atoms with Crippen LogP contribution in [0.15, 0.2) is 151 Å². The summed E-state index contributed by atoms with van der Waals surface area (Å²) in [7, 11) is 0. The highest BCUT2D eigenvalue weighted by atomic mass is 16.4. The van der Waals surface area contributed by atoms with Gasteiger partial charge >= 0.3 is 0 Å². The van der Waals surface area contributed by atoms with E-state index in [1.165, 1.54) is 39.6 Å². The molecule has 0 radical (unpaired) electrons. The fraction of sp³-hybridized carbons (Fsp3) is 0.130. The fourth-order valence-electron chi connectivity index (χ4n) is 6.66. The van der Waals surface area contributed by atoms with Gasteiger partial charge in [-0.1, -0.05) is 135 Å². The molecule has 0 unspecified atom stereocenters. The van der Waals surface area contributed by atoms with Gasteiger partial charge in [-0.2, -0.15) is 5.10 Å². The Balaban J connectivity index is 0.000000179. The largest absolute Gasteiger partial charge is 0.508 e. The van der Waals surface area contributed by atoms with Crippen molar-refractivity contribution in [1.29, 1.82) is 0 Å². The van der Waals surface area contributed by atoms with E-state index in [0.717, 1.165) is 64.6 Å². The molecule has 6 heteroatoms. The summed E-state index contributed by atoms with van der Waals surface area (Å²) in [6, 6.07) is 44.0. The van der Waals surface area contributed by atoms with Crippen molar-refractivity contribution in [3.05, 3.63) is 163 Å². The summed E-state index contributed by atoms with van der Waals surface area (Å²) in [5.41, 5.74) is 14.4. The van der Waals surface area contributed by atoms with Gasteiger partial charge in [0.1, 0.15) is 11.5 Å². The van der Waals surface area contributed by atoms with E-state index in [9.17, 15) is 10.2 Å². The van der Waals surface area contributed by atoms with Crippen LogP contribution in [0.4, 0.5) is 0 Å². The SMILES string of the molecule is CCCc1cc(-c2ccc(O)cc2)c(-c2ccccc2)c(-c2cn[nH]c2)c1.CCCc1cc(C=NO)c(-c2ccccc2)c(-c2ccc(O)cc2)c1. The van der Waals surface area contributed by atoms with E-state index < -0.39 is 0 Å². The average molecular weight is 686 g/mol. The van der Waals surface area contributed by atoms with Gasteiger partial charge in [-0.3, -0.25) is 5.10 Å². The van der Waals surface area contributed by atoms with Crippen LogP contribution in [-0.4, -0.2) is 31.8 Å². The van der Waals surface area contributed by atoms with E-state index in [0.29, 0.717) is 0 Å². The fourth-order valence-corrected chi connectivity index (χ4v) is 6.66. The zero-order chi connectivity index (χ0) is 36.3. The molecule has 1 aromatic heterocycles. The standard InChI is InChI=1S/C24H22N2O.C22H21NO2/c1-2-6-17-13-22(18-9-11-21(27)12-10-18)24(19-7-4-3-5-8-19)23(14-17)20-15-25-26-16-20;1-2-6-16-13-19(15-23-25)22(18-7-4-3-5-8-18)21(14-16)17-9-11-20(24)12-10-17/h3-5,7-16,27H,2,6H2,1H3,(H,25,26);3-5,7-15,24-25H,2,6H2,1H3. The molecule has 0 bridgehead atoms. The van der Waals surface area contributed by atoms with Crippen LogP contribution in [0.25, 0.3) is 55.6 Å². The second-order valence-corrected chi connectivity index (χ2v) is 12.7. The van der Waals surface area contributed by atoms with E-state index in [1.807, 2.05) is 73.1 Å². The third-order valence-electron chi connectivity index (χ3n) is 8.99. The molecule has 4 N–H and O–H groups in total. The number of aromatic hydroxyl groups is 2. The van der Waals surface area contributed by atoms with Gasteiger partial charge in [-0.15, -0.1) is 0 Å². The Morgan fingerprint density at radius 3 is 1.48 bits per heavy atom. The van der Waals surface area contributed by atoms with Crippen LogP contribution in [0.5, 0.6) is 11.5 Å². The lowest BCUT2D eigenvalue weighted by Crippen LogP contribution is -1.97. The van der Waals surface area contributed by atoms with Crippen LogP contribution in [0.1, 0.15) is 43.4 Å². The number of hydrogen-bond donors (Lipinski definition) is 4. The molecule has 52 heavy (non-hydrogen) atoms. The summed E-state index contributed by atoms with van der Waals surface area (Å²) in [6.45, 7) is 4.34. The second kappa shape index (κ2) is 17.0. The van der Waals surface area contributed by atoms with Crippen molar-refractivity contribution < 1.29 is 15.4 Å². The predicted molar refractivity (Wildman–Crippen MR) is 213 cm³/mol. The molecular weight excluding hydrogens is 643 g/mol. The first kappa shape index (κ1) is 35.4. The highest BCUT2D eigenvalue weighted by Gasteiger charge is 2.17. The molecule has 0 aliphatic heterocycles. The molecule has 0 saturated heterocycles. The van der Waals surface area contributed by atoms with Gasteiger partial charge in [0.25, 0.3) is 0 Å². The van der Waals surface area contributed by atoms with Gasteiger partial charge in [0, 0.05) is 17.3 Å². The number of phenolic OH excluding ortho intramolecular Hbond substituents is 2. The van der Waals surface area contributed by atoms with Crippen LogP contribution < -0.4 is 0 Å². The van der Waals surface area contributed by atoms with Gasteiger partial charge in [-0.05, 0) is 104 Å². The van der Waals surface area contributed by atoms with Gasteiger partial charge in [0.2, 0.25) is 0 Å². The smallest absolute Gasteiger partial charge is 0.115 e. The van der Waals surface area contributed by atoms with Crippen LogP contribution in [0.2, 0.25) is 0 Å². The molecule has 1 heterocycles. The van der Waals surface area contributed by atoms with E-state index in [-0.39, 0.29) is 11.5 Å². The van der Waals surface area contributed by atoms with Crippen molar-refractivity contribution in [3.8, 4) is 67.1 Å². The number of aromatic nitrogens is 2. The van der Waals surface area contributed by atoms with Crippen LogP contribution in [0.3, 0.4) is 0 Å². The van der Waals surface area contributed by atoms with Crippen LogP contribution in [0, 0.1) is 0 Å². The molecule has 0 saturated carbocycles. The number of rotatable bonds is 10. The number of oxime groups is 1. The first-order chi connectivity index (χ1) is 25.5. The predicted octanol–water partition coefficient (Wildman–Crippen LogP) is 11.6. The summed E-state index contributed by atoms with van der Waals surface area (Å²) in [4.78, 5) is 0. The molecule has 6 aromatic carbocycles. The zero-order valence-corrected chi connectivity index (χ0v) is 29.5. The molecule has 0 fully saturated rings. The molecule has 0 atom stereocenters. The summed E-state index contributed by atoms with van der Waals surface area (Å²) >= 11 is 0. The molecule has 7 rings (SSSR count). The quantitative estimate of drug-likeness (QED) is 0.0654. The number of phenols is 2. The molecular formula is C46H43N3O3. The summed E-state index contributed by atoms with van der Waals surface area (Å²) in [6.07, 6.45) is 9.40.